The van der Waals surface area contributed by atoms with Gasteiger partial charge in [-0.05, 0) is 129 Å². The number of rotatable bonds is 27. The maximum atomic E-state index is 12.3. The number of likely N-dealkylation sites (N-methyl/N-ethyl adjacent to an activating group) is 6. The zero-order chi connectivity index (χ0) is 101. The van der Waals surface area contributed by atoms with E-state index in [1.807, 2.05) is 94.8 Å². The van der Waals surface area contributed by atoms with Crippen molar-refractivity contribution in [2.75, 3.05) is 147 Å². The van der Waals surface area contributed by atoms with Crippen LogP contribution in [0.4, 0.5) is 28.8 Å². The van der Waals surface area contributed by atoms with Gasteiger partial charge >= 0.3 is 36.2 Å². The monoisotopic (exact) mass is 1980 g/mol. The molecule has 15 fully saturated rings. The second kappa shape index (κ2) is 44.3. The van der Waals surface area contributed by atoms with Crippen molar-refractivity contribution < 1.29 is 70.9 Å². The molecule has 14 saturated heterocycles. The molecule has 13 amide bonds. The van der Waals surface area contributed by atoms with Crippen LogP contribution in [0.25, 0.3) is 0 Å². The average molecular weight is 1980 g/mol. The third kappa shape index (κ3) is 23.3. The quantitative estimate of drug-likeness (QED) is 0.0193. The normalized spacial score (nSPS) is 26.0. The lowest BCUT2D eigenvalue weighted by atomic mass is 9.98. The zero-order valence-electron chi connectivity index (χ0n) is 81.5. The van der Waals surface area contributed by atoms with Crippen molar-refractivity contribution in [1.29, 1.82) is 5.41 Å². The Balaban J connectivity index is 0.000000123. The number of carbonyl (C=O) groups excluding carboxylic acids is 7. The predicted molar refractivity (Wildman–Crippen MR) is 514 cm³/mol. The van der Waals surface area contributed by atoms with Gasteiger partial charge in [-0.1, -0.05) is 30.9 Å². The number of aromatic nitrogens is 6. The highest BCUT2D eigenvalue weighted by Gasteiger charge is 2.52. The fourth-order valence-corrected chi connectivity index (χ4v) is 21.7. The van der Waals surface area contributed by atoms with Crippen molar-refractivity contribution in [3.63, 3.8) is 0 Å². The van der Waals surface area contributed by atoms with Crippen LogP contribution in [0.2, 0.25) is 0 Å². The SMILES string of the molecule is CN1C(=O)N2C[C@H]1CC[C@H]2c1cc(C(=O)NCCN=C(N)N)on1.CN1C(=O)N2C[C@H]1CC[C@H]2c1cc(CC2(N=C(N)N)CC2)on1.CN1C(=O)N2C[C@H]1CC[C@H]2c1cc(CCNC2CCN(C(=N)N)CC2)on1.CN1C(=O)N2C[C@H]1CC[C@H]2c1cc(CCNC2CCNCC2)on1.CN1C(=O)N2C[C@H]1CC[C@H]2c1cc([C@@H](O)CN=C(N)N)on1.CN1C(=O)N2C[C@H]1CC[C@H]2c1cc([C@H](O)CN=C(N)N)on1. The standard InChI is InChI=1S/C18H29N7O2.C17H27N5O2.C15H22N6O2.C14H21N7O3.2C13H20N6O3/c1-23-13-2-3-16(25(11-13)18(23)26)15-10-14(27-22-15)4-7-21-12-5-8-24(9-6-12)17(19)20;1-21-13-2-3-16(22(11-13)17(21)23)15-10-14(24-20-15)6-9-19-12-4-7-18-8-5-12;1-20-9-2-3-12(21(8-9)14(20)22)11-6-10(23-19-11)7-15(4-5-15)18-13(16)17;1-20-8-2-3-10(21(7-8)14(20)23)9-6-11(24-19-9)12(22)17-4-5-18-13(15)16;2*1-18-7-2-3-9(19(6-7)13(18)21)8-4-11(22-17-8)10(20)5-16-12(14)15/h10,12-13,16,21H,2-9,11H2,1H3,(H3,19,20);10,12-13,16,18-19H,2-9,11H2,1H3;6,9,12H,2-5,7-8H2,1H3,(H4,16,17,18);6,8,10H,2-5,7H2,1H3,(H,17,22)(H4,15,16,18);2*4,7,9-10,20H,2-3,5-6H2,1H3,(H4,14,15,16)/t2*13-,16+;9-,12+;8-,10+;7-,9+,10+;7-,9+,10-/m111111/s1. The minimum Gasteiger partial charge on any atom is -0.383 e. The Labute approximate surface area is 821 Å². The molecule has 774 valence electrons. The molecule has 6 aromatic rings. The molecule has 14 atom stereocenters. The van der Waals surface area contributed by atoms with Crippen LogP contribution in [0.5, 0.6) is 0 Å². The number of likely N-dealkylation sites (tertiary alicyclic amines) is 1. The first kappa shape index (κ1) is 101. The summed E-state index contributed by atoms with van der Waals surface area (Å²) < 4.78 is 32.0. The van der Waals surface area contributed by atoms with Crippen molar-refractivity contribution in [3.8, 4) is 0 Å². The third-order valence-corrected chi connectivity index (χ3v) is 30.3. The molecule has 12 bridgehead atoms. The largest absolute Gasteiger partial charge is 0.383 e. The third-order valence-electron chi connectivity index (χ3n) is 30.3. The van der Waals surface area contributed by atoms with Gasteiger partial charge in [0, 0.05) is 182 Å². The Kier molecular flexibility index (Phi) is 31.7. The van der Waals surface area contributed by atoms with Gasteiger partial charge in [-0.25, -0.2) is 33.8 Å². The molecule has 1 saturated carbocycles. The molecule has 142 heavy (non-hydrogen) atoms. The van der Waals surface area contributed by atoms with Crippen LogP contribution in [0.3, 0.4) is 0 Å². The Hall–Kier alpha value is -13.5. The van der Waals surface area contributed by atoms with Crippen LogP contribution >= 0.6 is 0 Å². The highest BCUT2D eigenvalue weighted by Crippen LogP contribution is 2.47. The summed E-state index contributed by atoms with van der Waals surface area (Å²) in [4.78, 5) is 125. The highest BCUT2D eigenvalue weighted by molar-refractivity contribution is 5.91. The molecule has 0 radical (unpaired) electrons. The van der Waals surface area contributed by atoms with Crippen LogP contribution in [0.1, 0.15) is 238 Å². The van der Waals surface area contributed by atoms with Gasteiger partial charge in [-0.2, -0.15) is 0 Å². The van der Waals surface area contributed by atoms with E-state index in [2.05, 4.69) is 72.2 Å². The van der Waals surface area contributed by atoms with E-state index in [9.17, 15) is 43.8 Å². The molecule has 21 rings (SSSR count). The number of carbonyl (C=O) groups is 7. The number of hydrogen-bond acceptors (Lipinski definition) is 29. The van der Waals surface area contributed by atoms with Crippen LogP contribution in [0.15, 0.2) is 83.5 Å². The minimum absolute atomic E-state index is 0.00580. The van der Waals surface area contributed by atoms with Crippen molar-refractivity contribution >= 4 is 71.9 Å². The number of aliphatic hydroxyl groups is 2. The summed E-state index contributed by atoms with van der Waals surface area (Å²) in [5.41, 5.74) is 52.2. The fraction of sp³-hybridized carbons (Fsp3) is 0.667. The molecule has 0 spiro atoms. The summed E-state index contributed by atoms with van der Waals surface area (Å²) in [7, 11) is 11.1. The molecule has 52 heteroatoms. The van der Waals surface area contributed by atoms with E-state index in [-0.39, 0.29) is 158 Å². The molecule has 0 aromatic carbocycles. The molecule has 20 heterocycles. The number of hydrogen-bond donors (Lipinski definition) is 16. The van der Waals surface area contributed by atoms with E-state index in [0.717, 1.165) is 209 Å². The summed E-state index contributed by atoms with van der Waals surface area (Å²) >= 11 is 0. The van der Waals surface area contributed by atoms with Crippen LogP contribution in [0, 0.1) is 5.41 Å². The van der Waals surface area contributed by atoms with E-state index >= 15 is 0 Å². The summed E-state index contributed by atoms with van der Waals surface area (Å²) in [5.74, 6) is 2.93. The first-order valence-corrected chi connectivity index (χ1v) is 49.3. The lowest BCUT2D eigenvalue weighted by molar-refractivity contribution is 0.0917. The van der Waals surface area contributed by atoms with Crippen LogP contribution in [-0.4, -0.2) is 378 Å². The molecule has 1 aliphatic carbocycles. The zero-order valence-corrected chi connectivity index (χ0v) is 81.5. The first-order valence-electron chi connectivity index (χ1n) is 49.3. The molecule has 15 aliphatic rings. The number of aliphatic hydroxyl groups excluding tert-OH is 2. The minimum atomic E-state index is -0.961. The van der Waals surface area contributed by atoms with E-state index in [1.54, 1.807) is 47.6 Å². The molecule has 6 aromatic heterocycles. The predicted octanol–water partition coefficient (Wildman–Crippen LogP) is 0.812. The van der Waals surface area contributed by atoms with Gasteiger partial charge in [0.05, 0.1) is 97.7 Å². The molecule has 52 nitrogen and oxygen atoms in total. The van der Waals surface area contributed by atoms with E-state index in [0.29, 0.717) is 84.9 Å². The lowest BCUT2D eigenvalue weighted by Gasteiger charge is -2.32. The summed E-state index contributed by atoms with van der Waals surface area (Å²) in [6.45, 7) is 10.7. The molecule has 25 N–H and O–H groups in total. The lowest BCUT2D eigenvalue weighted by Crippen LogP contribution is -2.47. The summed E-state index contributed by atoms with van der Waals surface area (Å²) in [5, 5.41) is 65.3. The Morgan fingerprint density at radius 1 is 0.415 bits per heavy atom. The molecule has 0 unspecified atom stereocenters. The summed E-state index contributed by atoms with van der Waals surface area (Å²) in [6, 6.07) is 14.0. The van der Waals surface area contributed by atoms with Gasteiger partial charge in [-0.15, -0.1) is 0 Å². The number of amides is 13. The Bertz CT molecular complexity index is 5400. The smallest absolute Gasteiger partial charge is 0.320 e. The fourth-order valence-electron chi connectivity index (χ4n) is 21.7. The Morgan fingerprint density at radius 2 is 0.732 bits per heavy atom. The van der Waals surface area contributed by atoms with Gasteiger partial charge in [0.15, 0.2) is 41.3 Å². The average Bonchev–Trinajstić information content (AvgIpc) is 1.62. The number of guanidine groups is 5. The van der Waals surface area contributed by atoms with Gasteiger partial charge in [0.25, 0.3) is 5.91 Å². The highest BCUT2D eigenvalue weighted by atomic mass is 16.5. The number of nitrogens with two attached hydrogens (primary N) is 9. The number of piperidine rings is 8. The number of nitrogens with one attached hydrogen (secondary N) is 5. The number of fused-ring (bicyclic) bond motifs is 12. The van der Waals surface area contributed by atoms with Crippen LogP contribution in [-0.2, 0) is 19.3 Å². The van der Waals surface area contributed by atoms with E-state index in [1.165, 1.54) is 12.8 Å². The second-order valence-corrected chi connectivity index (χ2v) is 39.5. The summed E-state index contributed by atoms with van der Waals surface area (Å²) in [6.07, 6.45) is 17.8. The maximum Gasteiger partial charge on any atom is 0.320 e. The van der Waals surface area contributed by atoms with Crippen molar-refractivity contribution in [3.05, 3.63) is 105 Å². The van der Waals surface area contributed by atoms with Crippen LogP contribution < -0.4 is 72.9 Å². The van der Waals surface area contributed by atoms with Crippen molar-refractivity contribution in [1.82, 2.24) is 116 Å². The molecular formula is C90H139N37O15. The van der Waals surface area contributed by atoms with Gasteiger partial charge in [0.2, 0.25) is 5.76 Å². The second-order valence-electron chi connectivity index (χ2n) is 39.5. The van der Waals surface area contributed by atoms with E-state index in [4.69, 9.17) is 84.2 Å². The van der Waals surface area contributed by atoms with Gasteiger partial charge < -0.3 is 174 Å². The Morgan fingerprint density at radius 3 is 1.07 bits per heavy atom. The van der Waals surface area contributed by atoms with Gasteiger partial charge in [-0.3, -0.25) is 25.2 Å². The topological polar surface area (TPSA) is 714 Å². The van der Waals surface area contributed by atoms with Crippen molar-refractivity contribution in [2.24, 2.45) is 71.6 Å². The van der Waals surface area contributed by atoms with E-state index < -0.39 is 18.1 Å². The number of nitrogens with zero attached hydrogens (tertiary/aromatic N) is 23. The molecule has 14 aliphatic heterocycles. The maximum absolute atomic E-state index is 12.3. The number of urea groups is 6. The molecular weight excluding hydrogens is 1840 g/mol. The number of aliphatic imine (C=N–C) groups is 4. The van der Waals surface area contributed by atoms with Gasteiger partial charge in [0.1, 0.15) is 63.7 Å². The first-order chi connectivity index (χ1) is 68.1. The van der Waals surface area contributed by atoms with Crippen molar-refractivity contribution in [2.45, 2.75) is 237 Å².